The van der Waals surface area contributed by atoms with E-state index < -0.39 is 21.7 Å². The number of carbonyl (C=O) groups is 1. The van der Waals surface area contributed by atoms with E-state index in [9.17, 15) is 17.6 Å². The molecule has 3 aromatic carbocycles. The number of methoxy groups -OCH3 is 2. The van der Waals surface area contributed by atoms with Gasteiger partial charge in [-0.05, 0) is 42.0 Å². The number of para-hydroxylation sites is 2. The third-order valence-corrected chi connectivity index (χ3v) is 5.78. The van der Waals surface area contributed by atoms with E-state index in [1.54, 1.807) is 30.3 Å². The van der Waals surface area contributed by atoms with Gasteiger partial charge >= 0.3 is 0 Å². The monoisotopic (exact) mass is 444 g/mol. The third kappa shape index (κ3) is 5.32. The molecule has 0 fully saturated rings. The van der Waals surface area contributed by atoms with E-state index in [1.807, 2.05) is 0 Å². The van der Waals surface area contributed by atoms with E-state index in [0.29, 0.717) is 5.75 Å². The van der Waals surface area contributed by atoms with Crippen LogP contribution in [-0.4, -0.2) is 28.5 Å². The SMILES string of the molecule is COc1ccc(S(=O)(=O)Nc2ccccc2OC)cc1NC(=O)Cc1ccccc1F. The molecule has 162 valence electrons. The molecule has 3 aromatic rings. The Morgan fingerprint density at radius 1 is 0.903 bits per heavy atom. The predicted octanol–water partition coefficient (Wildman–Crippen LogP) is 3.82. The Balaban J connectivity index is 1.86. The molecule has 0 spiro atoms. The molecule has 1 amide bonds. The number of anilines is 2. The van der Waals surface area contributed by atoms with Crippen LogP contribution >= 0.6 is 0 Å². The lowest BCUT2D eigenvalue weighted by Gasteiger charge is -2.14. The first kappa shape index (κ1) is 22.1. The van der Waals surface area contributed by atoms with Crippen molar-refractivity contribution in [2.24, 2.45) is 0 Å². The Hall–Kier alpha value is -3.59. The topological polar surface area (TPSA) is 93.7 Å². The fourth-order valence-corrected chi connectivity index (χ4v) is 3.99. The maximum atomic E-state index is 13.8. The van der Waals surface area contributed by atoms with Crippen molar-refractivity contribution in [3.05, 3.63) is 78.1 Å². The second-order valence-corrected chi connectivity index (χ2v) is 8.17. The zero-order valence-electron chi connectivity index (χ0n) is 16.9. The summed E-state index contributed by atoms with van der Waals surface area (Å²) in [5.41, 5.74) is 0.637. The van der Waals surface area contributed by atoms with Gasteiger partial charge in [0.2, 0.25) is 5.91 Å². The van der Waals surface area contributed by atoms with E-state index in [1.165, 1.54) is 50.6 Å². The highest BCUT2D eigenvalue weighted by molar-refractivity contribution is 7.92. The first-order valence-corrected chi connectivity index (χ1v) is 10.7. The minimum Gasteiger partial charge on any atom is -0.495 e. The molecular formula is C22H21FN2O5S. The zero-order chi connectivity index (χ0) is 22.4. The van der Waals surface area contributed by atoms with E-state index in [-0.39, 0.29) is 34.0 Å². The average Bonchev–Trinajstić information content (AvgIpc) is 2.75. The molecule has 31 heavy (non-hydrogen) atoms. The molecule has 9 heteroatoms. The van der Waals surface area contributed by atoms with Crippen molar-refractivity contribution >= 4 is 27.3 Å². The Labute approximate surface area is 179 Å². The van der Waals surface area contributed by atoms with Crippen molar-refractivity contribution < 1.29 is 27.1 Å². The highest BCUT2D eigenvalue weighted by Crippen LogP contribution is 2.30. The number of ether oxygens (including phenoxy) is 2. The van der Waals surface area contributed by atoms with Gasteiger partial charge in [0.1, 0.15) is 17.3 Å². The van der Waals surface area contributed by atoms with Gasteiger partial charge in [-0.1, -0.05) is 30.3 Å². The summed E-state index contributed by atoms with van der Waals surface area (Å²) < 4.78 is 52.4. The van der Waals surface area contributed by atoms with Crippen molar-refractivity contribution in [2.75, 3.05) is 24.3 Å². The smallest absolute Gasteiger partial charge is 0.262 e. The van der Waals surface area contributed by atoms with Gasteiger partial charge in [-0.3, -0.25) is 9.52 Å². The van der Waals surface area contributed by atoms with Crippen LogP contribution in [0.5, 0.6) is 11.5 Å². The van der Waals surface area contributed by atoms with Crippen LogP contribution in [0.15, 0.2) is 71.6 Å². The van der Waals surface area contributed by atoms with Crippen molar-refractivity contribution in [3.63, 3.8) is 0 Å². The van der Waals surface area contributed by atoms with Crippen LogP contribution in [0.4, 0.5) is 15.8 Å². The molecule has 0 saturated carbocycles. The lowest BCUT2D eigenvalue weighted by Crippen LogP contribution is -2.17. The summed E-state index contributed by atoms with van der Waals surface area (Å²) in [6.07, 6.45) is -0.216. The molecule has 0 unspecified atom stereocenters. The number of benzene rings is 3. The maximum Gasteiger partial charge on any atom is 0.262 e. The summed E-state index contributed by atoms with van der Waals surface area (Å²) in [6.45, 7) is 0. The van der Waals surface area contributed by atoms with Crippen LogP contribution in [-0.2, 0) is 21.2 Å². The van der Waals surface area contributed by atoms with Crippen LogP contribution < -0.4 is 19.5 Å². The first-order valence-electron chi connectivity index (χ1n) is 9.21. The fourth-order valence-electron chi connectivity index (χ4n) is 2.89. The fraction of sp³-hybridized carbons (Fsp3) is 0.136. The second-order valence-electron chi connectivity index (χ2n) is 6.48. The molecule has 0 atom stereocenters. The number of sulfonamides is 1. The van der Waals surface area contributed by atoms with Crippen LogP contribution in [0.25, 0.3) is 0 Å². The highest BCUT2D eigenvalue weighted by Gasteiger charge is 2.19. The van der Waals surface area contributed by atoms with E-state index in [2.05, 4.69) is 10.0 Å². The second kappa shape index (κ2) is 9.48. The Kier molecular flexibility index (Phi) is 6.76. The molecule has 2 N–H and O–H groups in total. The maximum absolute atomic E-state index is 13.8. The predicted molar refractivity (Wildman–Crippen MR) is 116 cm³/mol. The van der Waals surface area contributed by atoms with Crippen LogP contribution in [0, 0.1) is 5.82 Å². The summed E-state index contributed by atoms with van der Waals surface area (Å²) in [5, 5.41) is 2.59. The molecule has 0 aliphatic rings. The van der Waals surface area contributed by atoms with E-state index in [4.69, 9.17) is 9.47 Å². The Bertz CT molecular complexity index is 1200. The highest BCUT2D eigenvalue weighted by atomic mass is 32.2. The first-order chi connectivity index (χ1) is 14.8. The van der Waals surface area contributed by atoms with Crippen LogP contribution in [0.3, 0.4) is 0 Å². The number of carbonyl (C=O) groups excluding carboxylic acids is 1. The largest absolute Gasteiger partial charge is 0.495 e. The number of nitrogens with one attached hydrogen (secondary N) is 2. The van der Waals surface area contributed by atoms with Crippen LogP contribution in [0.1, 0.15) is 5.56 Å². The van der Waals surface area contributed by atoms with Gasteiger partial charge < -0.3 is 14.8 Å². The lowest BCUT2D eigenvalue weighted by atomic mass is 10.1. The van der Waals surface area contributed by atoms with Gasteiger partial charge in [-0.2, -0.15) is 0 Å². The molecule has 0 saturated heterocycles. The molecule has 0 aliphatic heterocycles. The van der Waals surface area contributed by atoms with Crippen molar-refractivity contribution in [1.29, 1.82) is 0 Å². The van der Waals surface area contributed by atoms with Gasteiger partial charge in [-0.25, -0.2) is 12.8 Å². The Morgan fingerprint density at radius 2 is 1.55 bits per heavy atom. The number of amides is 1. The summed E-state index contributed by atoms with van der Waals surface area (Å²) in [4.78, 5) is 12.3. The van der Waals surface area contributed by atoms with E-state index in [0.717, 1.165) is 0 Å². The number of rotatable bonds is 8. The van der Waals surface area contributed by atoms with Crippen molar-refractivity contribution in [1.82, 2.24) is 0 Å². The minimum absolute atomic E-state index is 0.0969. The summed E-state index contributed by atoms with van der Waals surface area (Å²) in [5.74, 6) is -0.395. The number of hydrogen-bond acceptors (Lipinski definition) is 5. The van der Waals surface area contributed by atoms with Crippen molar-refractivity contribution in [3.8, 4) is 11.5 Å². The molecule has 7 nitrogen and oxygen atoms in total. The van der Waals surface area contributed by atoms with Crippen molar-refractivity contribution in [2.45, 2.75) is 11.3 Å². The molecule has 3 rings (SSSR count). The number of halogens is 1. The van der Waals surface area contributed by atoms with Gasteiger partial charge in [0.25, 0.3) is 10.0 Å². The zero-order valence-corrected chi connectivity index (χ0v) is 17.7. The van der Waals surface area contributed by atoms with Gasteiger partial charge in [-0.15, -0.1) is 0 Å². The molecule has 0 aromatic heterocycles. The van der Waals surface area contributed by atoms with Gasteiger partial charge in [0.15, 0.2) is 0 Å². The van der Waals surface area contributed by atoms with Gasteiger partial charge in [0, 0.05) is 0 Å². The molecule has 0 aliphatic carbocycles. The third-order valence-electron chi connectivity index (χ3n) is 4.42. The normalized spacial score (nSPS) is 10.9. The molecule has 0 bridgehead atoms. The summed E-state index contributed by atoms with van der Waals surface area (Å²) in [6, 6.07) is 16.6. The molecule has 0 radical (unpaired) electrons. The summed E-state index contributed by atoms with van der Waals surface area (Å²) in [7, 11) is -1.17. The summed E-state index contributed by atoms with van der Waals surface area (Å²) >= 11 is 0. The molecular weight excluding hydrogens is 423 g/mol. The standard InChI is InChI=1S/C22H21FN2O5S/c1-29-20-10-6-5-9-18(20)25-31(27,28)16-11-12-21(30-2)19(14-16)24-22(26)13-15-7-3-4-8-17(15)23/h3-12,14,25H,13H2,1-2H3,(H,24,26). The Morgan fingerprint density at radius 3 is 2.26 bits per heavy atom. The lowest BCUT2D eigenvalue weighted by molar-refractivity contribution is -0.115. The average molecular weight is 444 g/mol. The quantitative estimate of drug-likeness (QED) is 0.551. The number of hydrogen-bond donors (Lipinski definition) is 2. The van der Waals surface area contributed by atoms with E-state index >= 15 is 0 Å². The van der Waals surface area contributed by atoms with Gasteiger partial charge in [0.05, 0.1) is 36.9 Å². The molecule has 0 heterocycles. The minimum atomic E-state index is -3.99. The van der Waals surface area contributed by atoms with Crippen LogP contribution in [0.2, 0.25) is 0 Å².